The Bertz CT molecular complexity index is 1250. The number of rotatable bonds is 6. The normalized spacial score (nSPS) is 21.5. The van der Waals surface area contributed by atoms with E-state index in [-0.39, 0.29) is 24.5 Å². The Morgan fingerprint density at radius 2 is 1.94 bits per heavy atom. The van der Waals surface area contributed by atoms with E-state index in [9.17, 15) is 9.59 Å². The van der Waals surface area contributed by atoms with Crippen molar-refractivity contribution in [2.45, 2.75) is 37.5 Å². The average Bonchev–Trinajstić information content (AvgIpc) is 3.53. The summed E-state index contributed by atoms with van der Waals surface area (Å²) >= 11 is 3.30. The number of nitrogens with zero attached hydrogens (tertiary/aromatic N) is 3. The summed E-state index contributed by atoms with van der Waals surface area (Å²) in [6.45, 7) is 0.805. The molecule has 180 valence electrons. The lowest BCUT2D eigenvalue weighted by molar-refractivity contribution is -0.125. The number of carbonyl (C=O) groups excluding carboxylic acids is 2. The third kappa shape index (κ3) is 5.45. The molecule has 3 aromatic rings. The second-order valence-corrected chi connectivity index (χ2v) is 9.66. The fraction of sp³-hybridized carbons (Fsp3) is 0.308. The molecule has 2 aliphatic rings. The summed E-state index contributed by atoms with van der Waals surface area (Å²) in [5.74, 6) is -0.179. The van der Waals surface area contributed by atoms with Crippen molar-refractivity contribution in [2.75, 3.05) is 13.1 Å². The summed E-state index contributed by atoms with van der Waals surface area (Å²) < 4.78 is 6.35. The number of para-hydroxylation sites is 1. The first-order valence-corrected chi connectivity index (χ1v) is 12.3. The van der Waals surface area contributed by atoms with Gasteiger partial charge in [-0.15, -0.1) is 0 Å². The number of pyridine rings is 1. The van der Waals surface area contributed by atoms with Crippen LogP contribution in [0.25, 0.3) is 10.9 Å². The second-order valence-electron chi connectivity index (χ2n) is 8.75. The zero-order valence-electron chi connectivity index (χ0n) is 19.0. The molecule has 0 aliphatic carbocycles. The number of aromatic nitrogens is 1. The van der Waals surface area contributed by atoms with Crippen LogP contribution in [0, 0.1) is 0 Å². The van der Waals surface area contributed by atoms with Crippen molar-refractivity contribution in [3.8, 4) is 0 Å². The molecule has 1 unspecified atom stereocenters. The van der Waals surface area contributed by atoms with Gasteiger partial charge in [0.15, 0.2) is 6.10 Å². The molecule has 2 aliphatic heterocycles. The molecule has 1 N–H and O–H groups in total. The summed E-state index contributed by atoms with van der Waals surface area (Å²) in [5, 5.41) is 7.75. The lowest BCUT2D eigenvalue weighted by Gasteiger charge is -2.23. The summed E-state index contributed by atoms with van der Waals surface area (Å²) in [4.78, 5) is 37.5. The number of carbonyl (C=O) groups is 2. The van der Waals surface area contributed by atoms with Crippen molar-refractivity contribution in [1.82, 2.24) is 15.2 Å². The molecule has 1 saturated heterocycles. The second kappa shape index (κ2) is 10.4. The molecular formula is C26H25BrN4O4. The van der Waals surface area contributed by atoms with Gasteiger partial charge in [0.05, 0.1) is 12.1 Å². The van der Waals surface area contributed by atoms with Crippen LogP contribution in [0.2, 0.25) is 0 Å². The first-order valence-electron chi connectivity index (χ1n) is 11.5. The van der Waals surface area contributed by atoms with Gasteiger partial charge in [0.1, 0.15) is 17.3 Å². The van der Waals surface area contributed by atoms with Crippen LogP contribution in [0.3, 0.4) is 0 Å². The number of amides is 2. The van der Waals surface area contributed by atoms with E-state index in [1.807, 2.05) is 60.7 Å². The van der Waals surface area contributed by atoms with Crippen LogP contribution in [-0.2, 0) is 21.0 Å². The van der Waals surface area contributed by atoms with Crippen LogP contribution in [0.5, 0.6) is 0 Å². The largest absolute Gasteiger partial charge is 0.444 e. The maximum absolute atomic E-state index is 13.1. The molecule has 35 heavy (non-hydrogen) atoms. The van der Waals surface area contributed by atoms with Crippen molar-refractivity contribution in [2.24, 2.45) is 5.16 Å². The first-order chi connectivity index (χ1) is 17.1. The van der Waals surface area contributed by atoms with Gasteiger partial charge in [0, 0.05) is 36.0 Å². The van der Waals surface area contributed by atoms with Gasteiger partial charge in [-0.1, -0.05) is 53.7 Å². The van der Waals surface area contributed by atoms with E-state index in [0.717, 1.165) is 26.7 Å². The van der Waals surface area contributed by atoms with Crippen LogP contribution < -0.4 is 5.32 Å². The fourth-order valence-corrected chi connectivity index (χ4v) is 4.96. The van der Waals surface area contributed by atoms with Crippen LogP contribution in [0.4, 0.5) is 4.79 Å². The molecule has 3 heterocycles. The van der Waals surface area contributed by atoms with E-state index < -0.39 is 12.1 Å². The number of hydrogen-bond acceptors (Lipinski definition) is 6. The number of ether oxygens (including phenoxy) is 1. The van der Waals surface area contributed by atoms with Crippen LogP contribution in [-0.4, -0.2) is 51.7 Å². The van der Waals surface area contributed by atoms with Gasteiger partial charge < -0.3 is 14.9 Å². The molecule has 3 atom stereocenters. The first kappa shape index (κ1) is 23.3. The third-order valence-corrected chi connectivity index (χ3v) is 6.79. The standard InChI is InChI=1S/C26H25BrN4O4/c27-24-12-21(35-30-24)14-29-25(32)23-11-20(18-6-2-1-3-7-18)15-31(23)26(33)34-16-17-10-19-8-4-5-9-22(19)28-13-17/h1-10,13,20-21,23H,11-12,14-16H2,(H,29,32)/t20-,21?,23+/m1/s1. The van der Waals surface area contributed by atoms with E-state index in [0.29, 0.717) is 25.9 Å². The number of likely N-dealkylation sites (tertiary alicyclic amines) is 1. The molecule has 2 aromatic carbocycles. The Morgan fingerprint density at radius 1 is 1.14 bits per heavy atom. The Morgan fingerprint density at radius 3 is 2.74 bits per heavy atom. The van der Waals surface area contributed by atoms with Crippen molar-refractivity contribution in [1.29, 1.82) is 0 Å². The maximum Gasteiger partial charge on any atom is 0.410 e. The number of hydrogen-bond donors (Lipinski definition) is 1. The minimum absolute atomic E-state index is 0.0436. The van der Waals surface area contributed by atoms with E-state index in [1.54, 1.807) is 6.20 Å². The Hall–Kier alpha value is -3.46. The predicted molar refractivity (Wildman–Crippen MR) is 135 cm³/mol. The number of oxime groups is 1. The monoisotopic (exact) mass is 536 g/mol. The number of benzene rings is 2. The summed E-state index contributed by atoms with van der Waals surface area (Å²) in [6, 6.07) is 19.0. The maximum atomic E-state index is 13.1. The molecule has 8 nitrogen and oxygen atoms in total. The highest BCUT2D eigenvalue weighted by atomic mass is 79.9. The molecular weight excluding hydrogens is 512 g/mol. The zero-order chi connectivity index (χ0) is 24.2. The fourth-order valence-electron chi connectivity index (χ4n) is 4.51. The van der Waals surface area contributed by atoms with Gasteiger partial charge in [0.2, 0.25) is 5.91 Å². The molecule has 0 saturated carbocycles. The molecule has 5 rings (SSSR count). The van der Waals surface area contributed by atoms with Gasteiger partial charge in [-0.3, -0.25) is 14.7 Å². The third-order valence-electron chi connectivity index (χ3n) is 6.32. The molecule has 1 fully saturated rings. The Labute approximate surface area is 211 Å². The van der Waals surface area contributed by atoms with Crippen LogP contribution in [0.15, 0.2) is 72.0 Å². The van der Waals surface area contributed by atoms with Gasteiger partial charge in [-0.25, -0.2) is 4.79 Å². The molecule has 2 amide bonds. The van der Waals surface area contributed by atoms with Crippen molar-refractivity contribution in [3.63, 3.8) is 0 Å². The number of fused-ring (bicyclic) bond motifs is 1. The van der Waals surface area contributed by atoms with Crippen LogP contribution in [0.1, 0.15) is 29.9 Å². The minimum Gasteiger partial charge on any atom is -0.444 e. The molecule has 0 radical (unpaired) electrons. The van der Waals surface area contributed by atoms with Crippen LogP contribution >= 0.6 is 15.9 Å². The highest BCUT2D eigenvalue weighted by Crippen LogP contribution is 2.32. The molecule has 0 bridgehead atoms. The van der Waals surface area contributed by atoms with Crippen molar-refractivity contribution >= 4 is 43.5 Å². The van der Waals surface area contributed by atoms with Crippen molar-refractivity contribution < 1.29 is 19.2 Å². The minimum atomic E-state index is -0.631. The molecule has 1 aromatic heterocycles. The Balaban J connectivity index is 1.26. The van der Waals surface area contributed by atoms with E-state index >= 15 is 0 Å². The SMILES string of the molecule is O=C(NCC1CC(Br)=NO1)[C@@H]1C[C@@H](c2ccccc2)CN1C(=O)OCc1cnc2ccccc2c1. The molecule has 9 heteroatoms. The lowest BCUT2D eigenvalue weighted by atomic mass is 9.96. The van der Waals surface area contributed by atoms with E-state index in [4.69, 9.17) is 9.57 Å². The highest BCUT2D eigenvalue weighted by molar-refractivity contribution is 9.18. The van der Waals surface area contributed by atoms with E-state index in [1.165, 1.54) is 4.90 Å². The number of nitrogens with one attached hydrogen (secondary N) is 1. The summed E-state index contributed by atoms with van der Waals surface area (Å²) in [7, 11) is 0. The van der Waals surface area contributed by atoms with Gasteiger partial charge in [-0.05, 0) is 40.0 Å². The van der Waals surface area contributed by atoms with Gasteiger partial charge in [0.25, 0.3) is 0 Å². The molecule has 0 spiro atoms. The highest BCUT2D eigenvalue weighted by Gasteiger charge is 2.41. The predicted octanol–water partition coefficient (Wildman–Crippen LogP) is 4.34. The lowest BCUT2D eigenvalue weighted by Crippen LogP contribution is -2.47. The Kier molecular flexibility index (Phi) is 6.94. The zero-order valence-corrected chi connectivity index (χ0v) is 20.6. The van der Waals surface area contributed by atoms with E-state index in [2.05, 4.69) is 31.4 Å². The average molecular weight is 537 g/mol. The quantitative estimate of drug-likeness (QED) is 0.505. The smallest absolute Gasteiger partial charge is 0.410 e. The topological polar surface area (TPSA) is 93.1 Å². The number of halogens is 1. The van der Waals surface area contributed by atoms with Gasteiger partial charge in [-0.2, -0.15) is 0 Å². The van der Waals surface area contributed by atoms with Crippen molar-refractivity contribution in [3.05, 3.63) is 78.0 Å². The summed E-state index contributed by atoms with van der Waals surface area (Å²) in [6.07, 6.45) is 2.09. The summed E-state index contributed by atoms with van der Waals surface area (Å²) in [5.41, 5.74) is 2.77. The van der Waals surface area contributed by atoms with Gasteiger partial charge >= 0.3 is 6.09 Å².